The molecular formula is C24H20N4O4S. The van der Waals surface area contributed by atoms with Crippen LogP contribution >= 0.6 is 11.8 Å². The largest absolute Gasteiger partial charge is 0.466 e. The summed E-state index contributed by atoms with van der Waals surface area (Å²) in [4.78, 5) is 17.9. The van der Waals surface area contributed by atoms with Crippen molar-refractivity contribution in [1.82, 2.24) is 14.8 Å². The molecular weight excluding hydrogens is 440 g/mol. The number of rotatable bonds is 7. The van der Waals surface area contributed by atoms with Crippen LogP contribution in [0.4, 0.5) is 5.69 Å². The first kappa shape index (κ1) is 20.9. The number of carbonyl (C=O) groups excluding carboxylic acids is 1. The summed E-state index contributed by atoms with van der Waals surface area (Å²) in [7, 11) is 1.52. The number of amides is 1. The molecule has 0 saturated carbocycles. The Kier molecular flexibility index (Phi) is 5.86. The molecule has 5 rings (SSSR count). The van der Waals surface area contributed by atoms with E-state index in [4.69, 9.17) is 14.2 Å². The maximum atomic E-state index is 12.3. The topological polar surface area (TPSA) is 87.5 Å². The highest BCUT2D eigenvalue weighted by Crippen LogP contribution is 2.35. The van der Waals surface area contributed by atoms with Crippen molar-refractivity contribution in [3.63, 3.8) is 0 Å². The fourth-order valence-corrected chi connectivity index (χ4v) is 4.05. The van der Waals surface area contributed by atoms with E-state index in [2.05, 4.69) is 15.4 Å². The van der Waals surface area contributed by atoms with Crippen LogP contribution < -0.4 is 19.5 Å². The van der Waals surface area contributed by atoms with Crippen molar-refractivity contribution in [3.8, 4) is 34.6 Å². The van der Waals surface area contributed by atoms with Gasteiger partial charge in [-0.1, -0.05) is 18.2 Å². The molecule has 1 aliphatic rings. The van der Waals surface area contributed by atoms with Gasteiger partial charge in [-0.05, 0) is 48.5 Å². The number of nitrogens with zero attached hydrogens (tertiary/aromatic N) is 3. The number of nitrogens with one attached hydrogen (secondary N) is 1. The first-order valence-electron chi connectivity index (χ1n) is 10.2. The Bertz CT molecular complexity index is 1280. The minimum atomic E-state index is -0.0678. The van der Waals surface area contributed by atoms with Gasteiger partial charge in [0.05, 0.1) is 18.6 Å². The molecule has 3 aromatic carbocycles. The zero-order valence-electron chi connectivity index (χ0n) is 17.7. The molecule has 8 nitrogen and oxygen atoms in total. The summed E-state index contributed by atoms with van der Waals surface area (Å²) >= 11 is 1.49. The van der Waals surface area contributed by atoms with Gasteiger partial charge < -0.3 is 19.5 Å². The van der Waals surface area contributed by atoms with Crippen LogP contribution in [0.3, 0.4) is 0 Å². The highest BCUT2D eigenvalue weighted by atomic mass is 32.2. The molecule has 166 valence electrons. The van der Waals surface area contributed by atoms with Gasteiger partial charge in [0.15, 0.2) is 17.3 Å². The van der Waals surface area contributed by atoms with Crippen LogP contribution in [0.25, 0.3) is 17.1 Å². The first-order chi connectivity index (χ1) is 16.2. The molecule has 0 radical (unpaired) electrons. The number of hydrogen-bond donors (Lipinski definition) is 1. The Labute approximate surface area is 194 Å². The van der Waals surface area contributed by atoms with E-state index in [1.165, 1.54) is 18.9 Å². The second kappa shape index (κ2) is 9.25. The third kappa shape index (κ3) is 4.63. The SMILES string of the molecule is COc1nc(-c2ccc(NC(=O)CSc3ccccc3)cc2)n(-c2ccc3c(c2)OCO3)n1. The molecule has 0 saturated heterocycles. The van der Waals surface area contributed by atoms with Gasteiger partial charge in [0.25, 0.3) is 0 Å². The quantitative estimate of drug-likeness (QED) is 0.409. The molecule has 2 heterocycles. The molecule has 0 spiro atoms. The molecule has 9 heteroatoms. The molecule has 0 fully saturated rings. The van der Waals surface area contributed by atoms with Gasteiger partial charge in [-0.25, -0.2) is 4.68 Å². The molecule has 0 atom stereocenters. The van der Waals surface area contributed by atoms with Gasteiger partial charge >= 0.3 is 6.01 Å². The van der Waals surface area contributed by atoms with Gasteiger partial charge in [-0.15, -0.1) is 16.9 Å². The summed E-state index contributed by atoms with van der Waals surface area (Å²) < 4.78 is 17.8. The summed E-state index contributed by atoms with van der Waals surface area (Å²) in [5.74, 6) is 2.21. The molecule has 1 N–H and O–H groups in total. The average Bonchev–Trinajstić information content (AvgIpc) is 3.50. The lowest BCUT2D eigenvalue weighted by Gasteiger charge is -2.08. The van der Waals surface area contributed by atoms with Crippen molar-refractivity contribution >= 4 is 23.4 Å². The van der Waals surface area contributed by atoms with E-state index in [9.17, 15) is 4.79 Å². The Morgan fingerprint density at radius 2 is 1.85 bits per heavy atom. The number of anilines is 1. The summed E-state index contributed by atoms with van der Waals surface area (Å²) in [6, 6.07) is 23.1. The van der Waals surface area contributed by atoms with Crippen LogP contribution in [-0.4, -0.2) is 40.3 Å². The average molecular weight is 461 g/mol. The number of ether oxygens (including phenoxy) is 3. The van der Waals surface area contributed by atoms with Gasteiger partial charge in [-0.3, -0.25) is 4.79 Å². The molecule has 33 heavy (non-hydrogen) atoms. The molecule has 1 aliphatic heterocycles. The fraction of sp³-hybridized carbons (Fsp3) is 0.125. The second-order valence-corrected chi connectivity index (χ2v) is 8.15. The normalized spacial score (nSPS) is 11.9. The van der Waals surface area contributed by atoms with Crippen LogP contribution in [0.1, 0.15) is 0 Å². The monoisotopic (exact) mass is 460 g/mol. The van der Waals surface area contributed by atoms with Crippen LogP contribution in [0, 0.1) is 0 Å². The second-order valence-electron chi connectivity index (χ2n) is 7.10. The van der Waals surface area contributed by atoms with E-state index in [1.807, 2.05) is 72.8 Å². The lowest BCUT2D eigenvalue weighted by molar-refractivity contribution is -0.113. The van der Waals surface area contributed by atoms with E-state index in [0.717, 1.165) is 16.1 Å². The van der Waals surface area contributed by atoms with Crippen molar-refractivity contribution in [2.75, 3.05) is 25.0 Å². The third-order valence-corrected chi connectivity index (χ3v) is 5.92. The summed E-state index contributed by atoms with van der Waals surface area (Å²) in [6.45, 7) is 0.198. The van der Waals surface area contributed by atoms with Crippen LogP contribution in [0.2, 0.25) is 0 Å². The smallest absolute Gasteiger partial charge is 0.336 e. The number of carbonyl (C=O) groups is 1. The molecule has 0 bridgehead atoms. The molecule has 0 unspecified atom stereocenters. The van der Waals surface area contributed by atoms with Crippen molar-refractivity contribution in [2.24, 2.45) is 0 Å². The van der Waals surface area contributed by atoms with Crippen molar-refractivity contribution < 1.29 is 19.0 Å². The summed E-state index contributed by atoms with van der Waals surface area (Å²) in [5.41, 5.74) is 2.29. The van der Waals surface area contributed by atoms with Gasteiger partial charge in [0.2, 0.25) is 12.7 Å². The number of hydrogen-bond acceptors (Lipinski definition) is 7. The van der Waals surface area contributed by atoms with Crippen LogP contribution in [0.5, 0.6) is 17.5 Å². The summed E-state index contributed by atoms with van der Waals surface area (Å²) in [5, 5.41) is 7.36. The van der Waals surface area contributed by atoms with E-state index in [-0.39, 0.29) is 18.7 Å². The zero-order valence-corrected chi connectivity index (χ0v) is 18.5. The Balaban J connectivity index is 1.33. The lowest BCUT2D eigenvalue weighted by atomic mass is 10.2. The predicted molar refractivity (Wildman–Crippen MR) is 125 cm³/mol. The summed E-state index contributed by atoms with van der Waals surface area (Å²) in [6.07, 6.45) is 0. The van der Waals surface area contributed by atoms with Crippen molar-refractivity contribution in [3.05, 3.63) is 72.8 Å². The Hall–Kier alpha value is -3.98. The minimum absolute atomic E-state index is 0.0678. The highest BCUT2D eigenvalue weighted by molar-refractivity contribution is 8.00. The lowest BCUT2D eigenvalue weighted by Crippen LogP contribution is -2.13. The van der Waals surface area contributed by atoms with E-state index in [0.29, 0.717) is 28.8 Å². The molecule has 0 aliphatic carbocycles. The number of thioether (sulfide) groups is 1. The molecule has 4 aromatic rings. The number of benzene rings is 3. The highest BCUT2D eigenvalue weighted by Gasteiger charge is 2.18. The first-order valence-corrected chi connectivity index (χ1v) is 11.2. The van der Waals surface area contributed by atoms with Crippen LogP contribution in [0.15, 0.2) is 77.7 Å². The molecule has 1 aromatic heterocycles. The van der Waals surface area contributed by atoms with Gasteiger partial charge in [0.1, 0.15) is 0 Å². The minimum Gasteiger partial charge on any atom is -0.466 e. The maximum Gasteiger partial charge on any atom is 0.336 e. The van der Waals surface area contributed by atoms with Crippen LogP contribution in [-0.2, 0) is 4.79 Å². The predicted octanol–water partition coefficient (Wildman–Crippen LogP) is 4.40. The molecule has 1 amide bonds. The zero-order chi connectivity index (χ0) is 22.6. The van der Waals surface area contributed by atoms with Gasteiger partial charge in [-0.2, -0.15) is 4.98 Å². The number of methoxy groups -OCH3 is 1. The maximum absolute atomic E-state index is 12.3. The van der Waals surface area contributed by atoms with Crippen molar-refractivity contribution in [1.29, 1.82) is 0 Å². The van der Waals surface area contributed by atoms with Crippen molar-refractivity contribution in [2.45, 2.75) is 4.90 Å². The third-order valence-electron chi connectivity index (χ3n) is 4.91. The van der Waals surface area contributed by atoms with E-state index in [1.54, 1.807) is 4.68 Å². The van der Waals surface area contributed by atoms with E-state index >= 15 is 0 Å². The van der Waals surface area contributed by atoms with E-state index < -0.39 is 0 Å². The fourth-order valence-electron chi connectivity index (χ4n) is 3.33. The number of aromatic nitrogens is 3. The number of fused-ring (bicyclic) bond motifs is 1. The van der Waals surface area contributed by atoms with Gasteiger partial charge in [0, 0.05) is 22.2 Å². The Morgan fingerprint density at radius 1 is 1.06 bits per heavy atom. The standard InChI is InChI=1S/C24H20N4O4S/c1-30-24-26-23(28(27-24)18-11-12-20-21(13-18)32-15-31-20)16-7-9-17(10-8-16)25-22(29)14-33-19-5-3-2-4-6-19/h2-13H,14-15H2,1H3,(H,25,29). The Morgan fingerprint density at radius 3 is 2.64 bits per heavy atom.